The van der Waals surface area contributed by atoms with Gasteiger partial charge in [-0.1, -0.05) is 22.6 Å². The van der Waals surface area contributed by atoms with Crippen LogP contribution in [-0.2, 0) is 4.74 Å². The molecule has 0 bridgehead atoms. The van der Waals surface area contributed by atoms with Crippen LogP contribution in [-0.4, -0.2) is 22.2 Å². The fourth-order valence-corrected chi connectivity index (χ4v) is 2.82. The summed E-state index contributed by atoms with van der Waals surface area (Å²) in [6, 6.07) is 0.314. The van der Waals surface area contributed by atoms with Crippen LogP contribution >= 0.6 is 22.6 Å². The van der Waals surface area contributed by atoms with Gasteiger partial charge in [-0.15, -0.1) is 0 Å². The zero-order chi connectivity index (χ0) is 12.2. The van der Waals surface area contributed by atoms with E-state index in [2.05, 4.69) is 27.9 Å². The van der Waals surface area contributed by atoms with E-state index >= 15 is 0 Å². The average molecular weight is 339 g/mol. The van der Waals surface area contributed by atoms with Crippen LogP contribution < -0.4 is 5.32 Å². The van der Waals surface area contributed by atoms with Crippen LogP contribution in [0.15, 0.2) is 0 Å². The summed E-state index contributed by atoms with van der Waals surface area (Å²) >= 11 is 2.45. The number of alkyl halides is 1. The van der Waals surface area contributed by atoms with Gasteiger partial charge in [0.25, 0.3) is 0 Å². The summed E-state index contributed by atoms with van der Waals surface area (Å²) in [6.45, 7) is 5.67. The van der Waals surface area contributed by atoms with E-state index in [-0.39, 0.29) is 6.09 Å². The summed E-state index contributed by atoms with van der Waals surface area (Å²) in [5, 5.41) is 2.96. The van der Waals surface area contributed by atoms with Gasteiger partial charge in [-0.25, -0.2) is 4.79 Å². The van der Waals surface area contributed by atoms with Crippen molar-refractivity contribution >= 4 is 28.7 Å². The van der Waals surface area contributed by atoms with Crippen molar-refractivity contribution in [3.8, 4) is 0 Å². The van der Waals surface area contributed by atoms with Gasteiger partial charge in [-0.05, 0) is 52.4 Å². The summed E-state index contributed by atoms with van der Waals surface area (Å²) < 4.78 is 6.48. The van der Waals surface area contributed by atoms with Crippen LogP contribution in [0.1, 0.15) is 46.5 Å². The third kappa shape index (κ3) is 5.37. The molecule has 3 nitrogen and oxygen atoms in total. The topological polar surface area (TPSA) is 38.3 Å². The van der Waals surface area contributed by atoms with Crippen molar-refractivity contribution in [3.05, 3.63) is 0 Å². The standard InChI is InChI=1S/C12H22INO2/c1-12(2,3)16-11(15)14-10-6-4-9(8-13)5-7-10/h9-10H,4-8H2,1-3H3,(H,14,15)/t9-,10-. The molecule has 4 heteroatoms. The van der Waals surface area contributed by atoms with Gasteiger partial charge < -0.3 is 10.1 Å². The van der Waals surface area contributed by atoms with Crippen molar-refractivity contribution in [2.45, 2.75) is 58.1 Å². The number of rotatable bonds is 2. The number of nitrogens with one attached hydrogen (secondary N) is 1. The minimum Gasteiger partial charge on any atom is -0.444 e. The number of carbonyl (C=O) groups is 1. The molecule has 1 aliphatic carbocycles. The van der Waals surface area contributed by atoms with E-state index in [0.29, 0.717) is 6.04 Å². The lowest BCUT2D eigenvalue weighted by atomic mass is 9.87. The molecule has 0 spiro atoms. The summed E-state index contributed by atoms with van der Waals surface area (Å²) in [5.41, 5.74) is -0.399. The van der Waals surface area contributed by atoms with Crippen molar-refractivity contribution in [1.82, 2.24) is 5.32 Å². The Morgan fingerprint density at radius 3 is 2.31 bits per heavy atom. The molecule has 1 N–H and O–H groups in total. The highest BCUT2D eigenvalue weighted by atomic mass is 127. The Kier molecular flexibility index (Phi) is 5.34. The quantitative estimate of drug-likeness (QED) is 0.618. The highest BCUT2D eigenvalue weighted by molar-refractivity contribution is 14.1. The Balaban J connectivity index is 2.26. The molecule has 0 unspecified atom stereocenters. The molecule has 0 atom stereocenters. The summed E-state index contributed by atoms with van der Waals surface area (Å²) in [7, 11) is 0. The van der Waals surface area contributed by atoms with Crippen LogP contribution in [0.4, 0.5) is 4.79 Å². The average Bonchev–Trinajstić information content (AvgIpc) is 2.16. The molecular formula is C12H22INO2. The van der Waals surface area contributed by atoms with Crippen LogP contribution in [0.25, 0.3) is 0 Å². The first-order chi connectivity index (χ1) is 7.40. The Morgan fingerprint density at radius 1 is 1.31 bits per heavy atom. The van der Waals surface area contributed by atoms with E-state index in [1.807, 2.05) is 20.8 Å². The predicted octanol–water partition coefficient (Wildman–Crippen LogP) is 3.50. The normalized spacial score (nSPS) is 26.2. The van der Waals surface area contributed by atoms with Gasteiger partial charge in [0.05, 0.1) is 0 Å². The van der Waals surface area contributed by atoms with Crippen LogP contribution in [0.5, 0.6) is 0 Å². The number of hydrogen-bond donors (Lipinski definition) is 1. The second kappa shape index (κ2) is 6.07. The number of halogens is 1. The zero-order valence-corrected chi connectivity index (χ0v) is 12.5. The van der Waals surface area contributed by atoms with Gasteiger partial charge in [-0.3, -0.25) is 0 Å². The summed E-state index contributed by atoms with van der Waals surface area (Å²) in [6.07, 6.45) is 4.36. The second-order valence-electron chi connectivity index (χ2n) is 5.52. The molecular weight excluding hydrogens is 317 g/mol. The SMILES string of the molecule is CC(C)(C)OC(=O)N[C@H]1CC[C@H](CI)CC1. The molecule has 1 saturated carbocycles. The van der Waals surface area contributed by atoms with E-state index in [0.717, 1.165) is 18.8 Å². The lowest BCUT2D eigenvalue weighted by molar-refractivity contribution is 0.0489. The Labute approximate surface area is 112 Å². The Bertz CT molecular complexity index is 230. The van der Waals surface area contributed by atoms with Crippen molar-refractivity contribution in [3.63, 3.8) is 0 Å². The lowest BCUT2D eigenvalue weighted by Crippen LogP contribution is -2.41. The minimum absolute atomic E-state index is 0.273. The molecule has 0 radical (unpaired) electrons. The van der Waals surface area contributed by atoms with Gasteiger partial charge in [-0.2, -0.15) is 0 Å². The van der Waals surface area contributed by atoms with Crippen molar-refractivity contribution in [2.24, 2.45) is 5.92 Å². The third-order valence-electron chi connectivity index (χ3n) is 2.79. The fourth-order valence-electron chi connectivity index (χ4n) is 1.94. The molecule has 1 fully saturated rings. The molecule has 0 aromatic carbocycles. The highest BCUT2D eigenvalue weighted by Crippen LogP contribution is 2.25. The molecule has 0 aromatic rings. The molecule has 94 valence electrons. The van der Waals surface area contributed by atoms with Gasteiger partial charge in [0, 0.05) is 10.5 Å². The third-order valence-corrected chi connectivity index (χ3v) is 4.03. The second-order valence-corrected chi connectivity index (χ2v) is 6.40. The predicted molar refractivity (Wildman–Crippen MR) is 74.0 cm³/mol. The van der Waals surface area contributed by atoms with E-state index in [1.165, 1.54) is 17.3 Å². The highest BCUT2D eigenvalue weighted by Gasteiger charge is 2.23. The Morgan fingerprint density at radius 2 is 1.88 bits per heavy atom. The zero-order valence-electron chi connectivity index (χ0n) is 10.4. The maximum atomic E-state index is 11.5. The molecule has 0 aromatic heterocycles. The van der Waals surface area contributed by atoms with E-state index < -0.39 is 5.60 Å². The fraction of sp³-hybridized carbons (Fsp3) is 0.917. The lowest BCUT2D eigenvalue weighted by Gasteiger charge is -2.29. The van der Waals surface area contributed by atoms with Gasteiger partial charge >= 0.3 is 6.09 Å². The smallest absolute Gasteiger partial charge is 0.407 e. The minimum atomic E-state index is -0.399. The van der Waals surface area contributed by atoms with Crippen LogP contribution in [0.2, 0.25) is 0 Å². The van der Waals surface area contributed by atoms with Gasteiger partial charge in [0.2, 0.25) is 0 Å². The van der Waals surface area contributed by atoms with Gasteiger partial charge in [0.15, 0.2) is 0 Å². The number of alkyl carbamates (subject to hydrolysis) is 1. The molecule has 1 aliphatic rings. The maximum Gasteiger partial charge on any atom is 0.407 e. The van der Waals surface area contributed by atoms with Crippen molar-refractivity contribution in [2.75, 3.05) is 4.43 Å². The van der Waals surface area contributed by atoms with Crippen molar-refractivity contribution in [1.29, 1.82) is 0 Å². The number of ether oxygens (including phenoxy) is 1. The maximum absolute atomic E-state index is 11.5. The monoisotopic (exact) mass is 339 g/mol. The van der Waals surface area contributed by atoms with E-state index in [9.17, 15) is 4.79 Å². The van der Waals surface area contributed by atoms with E-state index in [4.69, 9.17) is 4.74 Å². The molecule has 1 rings (SSSR count). The number of amides is 1. The van der Waals surface area contributed by atoms with Crippen LogP contribution in [0.3, 0.4) is 0 Å². The first kappa shape index (κ1) is 14.1. The number of hydrogen-bond acceptors (Lipinski definition) is 2. The van der Waals surface area contributed by atoms with Gasteiger partial charge in [0.1, 0.15) is 5.60 Å². The number of carbonyl (C=O) groups excluding carboxylic acids is 1. The molecule has 0 heterocycles. The molecule has 1 amide bonds. The summed E-state index contributed by atoms with van der Waals surface area (Å²) in [4.78, 5) is 11.5. The molecule has 0 saturated heterocycles. The van der Waals surface area contributed by atoms with Crippen molar-refractivity contribution < 1.29 is 9.53 Å². The molecule has 16 heavy (non-hydrogen) atoms. The first-order valence-electron chi connectivity index (χ1n) is 5.96. The molecule has 0 aliphatic heterocycles. The first-order valence-corrected chi connectivity index (χ1v) is 7.49. The Hall–Kier alpha value is 0. The summed E-state index contributed by atoms with van der Waals surface area (Å²) in [5.74, 6) is 0.845. The largest absolute Gasteiger partial charge is 0.444 e. The van der Waals surface area contributed by atoms with Crippen LogP contribution in [0, 0.1) is 5.92 Å². The van der Waals surface area contributed by atoms with E-state index in [1.54, 1.807) is 0 Å².